The molecule has 1 heterocycles. The van der Waals surface area contributed by atoms with Gasteiger partial charge in [0.25, 0.3) is 5.91 Å². The number of nitrogens with zero attached hydrogens (tertiary/aromatic N) is 4. The molecule has 1 aliphatic heterocycles. The highest BCUT2D eigenvalue weighted by Gasteiger charge is 2.45. The van der Waals surface area contributed by atoms with Gasteiger partial charge in [-0.15, -0.1) is 0 Å². The third-order valence-corrected chi connectivity index (χ3v) is 6.70. The molecule has 0 saturated heterocycles. The first-order valence-corrected chi connectivity index (χ1v) is 13.5. The van der Waals surface area contributed by atoms with E-state index in [0.29, 0.717) is 58.7 Å². The first kappa shape index (κ1) is 31.0. The molecule has 13 heteroatoms. The van der Waals surface area contributed by atoms with Gasteiger partial charge in [-0.2, -0.15) is 0 Å². The van der Waals surface area contributed by atoms with E-state index in [1.54, 1.807) is 60.7 Å². The van der Waals surface area contributed by atoms with Crippen LogP contribution in [0.5, 0.6) is 23.0 Å². The molecule has 0 bridgehead atoms. The van der Waals surface area contributed by atoms with E-state index in [1.165, 1.54) is 21.3 Å². The highest BCUT2D eigenvalue weighted by Crippen LogP contribution is 2.38. The number of hydrazine groups is 1. The third-order valence-electron chi connectivity index (χ3n) is 6.70. The summed E-state index contributed by atoms with van der Waals surface area (Å²) in [5, 5.41) is 12.8. The van der Waals surface area contributed by atoms with Crippen LogP contribution in [0.15, 0.2) is 70.8 Å². The number of hydrogen-bond acceptors (Lipinski definition) is 10. The van der Waals surface area contributed by atoms with Crippen LogP contribution in [0.4, 0.5) is 5.69 Å². The van der Waals surface area contributed by atoms with Gasteiger partial charge in [-0.1, -0.05) is 29.4 Å². The number of methoxy groups -OCH3 is 3. The summed E-state index contributed by atoms with van der Waals surface area (Å²) in [4.78, 5) is 21.5. The molecule has 1 atom stereocenters. The van der Waals surface area contributed by atoms with Crippen molar-refractivity contribution in [1.29, 1.82) is 0 Å². The molecule has 13 nitrogen and oxygen atoms in total. The summed E-state index contributed by atoms with van der Waals surface area (Å²) in [5.41, 5.74) is 15.9. The standard InChI is InChI=1S/C30H34N6O7/c1-39-25-15-20(16-26(40-2)27(25)41-3)18-32-35-29(38)30(17-22-7-4-5-8-24(22)34-36-31)19-43-28(33-30)21-9-11-23(12-10-21)42-14-6-13-37/h4-5,7-12,15-16,32,37H,6,13-14,17-19H2,1-3H3,(H,35,38)/t30-/m0/s1. The first-order valence-electron chi connectivity index (χ1n) is 13.5. The molecular formula is C30H34N6O7. The van der Waals surface area contributed by atoms with Crippen LogP contribution in [0.2, 0.25) is 0 Å². The Hall–Kier alpha value is -4.97. The molecule has 0 saturated carbocycles. The molecule has 226 valence electrons. The summed E-state index contributed by atoms with van der Waals surface area (Å²) in [6.07, 6.45) is 0.645. The van der Waals surface area contributed by atoms with Gasteiger partial charge in [0.1, 0.15) is 12.4 Å². The summed E-state index contributed by atoms with van der Waals surface area (Å²) in [6.45, 7) is 0.639. The van der Waals surface area contributed by atoms with Crippen molar-refractivity contribution in [1.82, 2.24) is 10.9 Å². The van der Waals surface area contributed by atoms with Gasteiger partial charge in [0, 0.05) is 42.2 Å². The van der Waals surface area contributed by atoms with Gasteiger partial charge < -0.3 is 28.8 Å². The smallest absolute Gasteiger partial charge is 0.266 e. The normalized spacial score (nSPS) is 15.5. The number of nitrogens with one attached hydrogen (secondary N) is 2. The number of aliphatic imine (C=N–C) groups is 1. The Balaban J connectivity index is 1.57. The van der Waals surface area contributed by atoms with Crippen LogP contribution in [-0.4, -0.2) is 63.6 Å². The average Bonchev–Trinajstić information content (AvgIpc) is 3.47. The number of benzene rings is 3. The zero-order chi connectivity index (χ0) is 30.7. The lowest BCUT2D eigenvalue weighted by Gasteiger charge is -2.24. The Morgan fingerprint density at radius 2 is 1.81 bits per heavy atom. The average molecular weight is 591 g/mol. The van der Waals surface area contributed by atoms with Crippen LogP contribution in [0.3, 0.4) is 0 Å². The fourth-order valence-electron chi connectivity index (χ4n) is 4.53. The van der Waals surface area contributed by atoms with E-state index in [0.717, 1.165) is 5.56 Å². The molecular weight excluding hydrogens is 556 g/mol. The Morgan fingerprint density at radius 3 is 2.47 bits per heavy atom. The van der Waals surface area contributed by atoms with E-state index >= 15 is 0 Å². The Labute approximate surface area is 249 Å². The second-order valence-electron chi connectivity index (χ2n) is 9.52. The Kier molecular flexibility index (Phi) is 10.6. The van der Waals surface area contributed by atoms with E-state index in [-0.39, 0.29) is 26.2 Å². The van der Waals surface area contributed by atoms with E-state index in [9.17, 15) is 4.79 Å². The summed E-state index contributed by atoms with van der Waals surface area (Å²) in [5.74, 6) is 1.93. The van der Waals surface area contributed by atoms with Crippen LogP contribution in [0.1, 0.15) is 23.1 Å². The van der Waals surface area contributed by atoms with Crippen LogP contribution in [0, 0.1) is 0 Å². The van der Waals surface area contributed by atoms with Crippen molar-refractivity contribution in [3.8, 4) is 23.0 Å². The zero-order valence-electron chi connectivity index (χ0n) is 24.2. The van der Waals surface area contributed by atoms with Crippen molar-refractivity contribution in [3.05, 3.63) is 87.8 Å². The van der Waals surface area contributed by atoms with Crippen molar-refractivity contribution < 1.29 is 33.6 Å². The predicted octanol–water partition coefficient (Wildman–Crippen LogP) is 3.99. The van der Waals surface area contributed by atoms with E-state index in [1.807, 2.05) is 0 Å². The highest BCUT2D eigenvalue weighted by atomic mass is 16.5. The van der Waals surface area contributed by atoms with Crippen LogP contribution in [0.25, 0.3) is 10.4 Å². The number of rotatable bonds is 15. The van der Waals surface area contributed by atoms with Gasteiger partial charge in [-0.25, -0.2) is 10.4 Å². The second kappa shape index (κ2) is 14.8. The maximum atomic E-state index is 13.8. The first-order chi connectivity index (χ1) is 21.0. The SMILES string of the molecule is COc1cc(CNNC(=O)[C@]2(Cc3ccccc3N=[N+]=[N-])COC(c3ccc(OCCCO)cc3)=N2)cc(OC)c1OC. The zero-order valence-corrected chi connectivity index (χ0v) is 24.2. The van der Waals surface area contributed by atoms with Crippen molar-refractivity contribution in [2.45, 2.75) is 24.9 Å². The molecule has 0 aromatic heterocycles. The number of hydrogen-bond donors (Lipinski definition) is 3. The van der Waals surface area contributed by atoms with Gasteiger partial charge in [-0.05, 0) is 53.1 Å². The van der Waals surface area contributed by atoms with E-state index in [2.05, 4.69) is 20.9 Å². The number of aliphatic hydroxyl groups is 1. The van der Waals surface area contributed by atoms with E-state index in [4.69, 9.17) is 39.3 Å². The highest BCUT2D eigenvalue weighted by molar-refractivity contribution is 6.00. The number of aliphatic hydroxyl groups excluding tert-OH is 1. The molecule has 0 spiro atoms. The molecule has 1 amide bonds. The van der Waals surface area contributed by atoms with Gasteiger partial charge >= 0.3 is 0 Å². The number of ether oxygens (including phenoxy) is 5. The summed E-state index contributed by atoms with van der Waals surface area (Å²) >= 11 is 0. The van der Waals surface area contributed by atoms with Crippen molar-refractivity contribution in [2.75, 3.05) is 41.2 Å². The van der Waals surface area contributed by atoms with Gasteiger partial charge in [0.05, 0.1) is 27.9 Å². The maximum absolute atomic E-state index is 13.8. The molecule has 3 aromatic rings. The van der Waals surface area contributed by atoms with E-state index < -0.39 is 11.4 Å². The molecule has 0 fully saturated rings. The molecule has 0 aliphatic carbocycles. The molecule has 1 aliphatic rings. The van der Waals surface area contributed by atoms with Crippen LogP contribution in [-0.2, 0) is 22.5 Å². The molecule has 0 unspecified atom stereocenters. The predicted molar refractivity (Wildman–Crippen MR) is 159 cm³/mol. The Morgan fingerprint density at radius 1 is 1.09 bits per heavy atom. The van der Waals surface area contributed by atoms with Crippen LogP contribution < -0.4 is 29.8 Å². The lowest BCUT2D eigenvalue weighted by molar-refractivity contribution is -0.127. The minimum absolute atomic E-state index is 0.0423. The number of carbonyl (C=O) groups is 1. The lowest BCUT2D eigenvalue weighted by Crippen LogP contribution is -2.52. The quantitative estimate of drug-likeness (QED) is 0.0785. The third kappa shape index (κ3) is 7.46. The maximum Gasteiger partial charge on any atom is 0.266 e. The molecule has 0 radical (unpaired) electrons. The van der Waals surface area contributed by atoms with Crippen LogP contribution >= 0.6 is 0 Å². The topological polar surface area (TPSA) is 169 Å². The summed E-state index contributed by atoms with van der Waals surface area (Å²) in [7, 11) is 4.58. The fraction of sp³-hybridized carbons (Fsp3) is 0.333. The lowest BCUT2D eigenvalue weighted by atomic mass is 9.91. The minimum Gasteiger partial charge on any atom is -0.494 e. The molecule has 43 heavy (non-hydrogen) atoms. The number of amides is 1. The molecule has 3 aromatic carbocycles. The summed E-state index contributed by atoms with van der Waals surface area (Å²) < 4.78 is 27.8. The monoisotopic (exact) mass is 590 g/mol. The van der Waals surface area contributed by atoms with Crippen molar-refractivity contribution in [2.24, 2.45) is 10.1 Å². The largest absolute Gasteiger partial charge is 0.494 e. The van der Waals surface area contributed by atoms with Crippen molar-refractivity contribution in [3.63, 3.8) is 0 Å². The Bertz CT molecular complexity index is 1470. The van der Waals surface area contributed by atoms with Crippen molar-refractivity contribution >= 4 is 17.5 Å². The fourth-order valence-corrected chi connectivity index (χ4v) is 4.53. The number of carbonyl (C=O) groups excluding carboxylic acids is 1. The second-order valence-corrected chi connectivity index (χ2v) is 9.52. The number of azide groups is 1. The van der Waals surface area contributed by atoms with Gasteiger partial charge in [-0.3, -0.25) is 10.2 Å². The van der Waals surface area contributed by atoms with Gasteiger partial charge in [0.15, 0.2) is 17.0 Å². The minimum atomic E-state index is -1.37. The molecule has 3 N–H and O–H groups in total. The van der Waals surface area contributed by atoms with Gasteiger partial charge in [0.2, 0.25) is 11.6 Å². The molecule has 4 rings (SSSR count). The summed E-state index contributed by atoms with van der Waals surface area (Å²) in [6, 6.07) is 17.7.